The average molecular weight is 1400 g/mol. The lowest BCUT2D eigenvalue weighted by atomic mass is 9.81. The summed E-state index contributed by atoms with van der Waals surface area (Å²) in [4.78, 5) is 201. The third-order valence-corrected chi connectivity index (χ3v) is 17.1. The number of hydrogen-bond acceptors (Lipinski definition) is 19. The normalized spacial score (nSPS) is 16.7. The molecule has 0 bridgehead atoms. The van der Waals surface area contributed by atoms with Gasteiger partial charge in [-0.15, -0.1) is 0 Å². The van der Waals surface area contributed by atoms with Gasteiger partial charge < -0.3 is 81.7 Å². The Bertz CT molecular complexity index is 3140. The fourth-order valence-corrected chi connectivity index (χ4v) is 11.0. The molecule has 2 aromatic rings. The SMILES string of the molecule is CN(CC(=O)NCC1CCC(C(=O)N[C@@H](Cc2ccc3ccccc3c2)C(=O)NCCCC[C@H](NC(=O)N[C@@H](CCC(=O)O)C(=O)O)C(=O)O)CC1)C(=O)CN(C)C(=O)CN(C)C(=O)CN(C)C(=O)CN(C)C(=O)CN1CCN(CC(=O)O)CCN(CC(=O)O)CCN(CC(=O)O)CC1. The zero-order valence-corrected chi connectivity index (χ0v) is 56.8. The van der Waals surface area contributed by atoms with E-state index in [2.05, 4.69) is 26.6 Å². The summed E-state index contributed by atoms with van der Waals surface area (Å²) in [5.74, 6) is -12.2. The van der Waals surface area contributed by atoms with E-state index in [9.17, 15) is 97.5 Å². The van der Waals surface area contributed by atoms with Crippen LogP contribution in [-0.2, 0) is 73.5 Å². The molecular weight excluding hydrogens is 1300 g/mol. The highest BCUT2D eigenvalue weighted by Crippen LogP contribution is 2.29. The summed E-state index contributed by atoms with van der Waals surface area (Å²) in [6, 6.07) is 8.23. The Morgan fingerprint density at radius 3 is 1.32 bits per heavy atom. The van der Waals surface area contributed by atoms with Gasteiger partial charge in [0, 0.05) is 119 Å². The van der Waals surface area contributed by atoms with Crippen molar-refractivity contribution in [2.75, 3.05) is 160 Å². The van der Waals surface area contributed by atoms with Gasteiger partial charge in [-0.05, 0) is 73.6 Å². The molecule has 0 unspecified atom stereocenters. The van der Waals surface area contributed by atoms with E-state index in [1.54, 1.807) is 19.6 Å². The van der Waals surface area contributed by atoms with E-state index < -0.39 is 146 Å². The van der Waals surface area contributed by atoms with E-state index in [-0.39, 0.29) is 136 Å². The molecule has 11 N–H and O–H groups in total. The van der Waals surface area contributed by atoms with Gasteiger partial charge in [-0.3, -0.25) is 77.1 Å². The molecule has 2 fully saturated rings. The van der Waals surface area contributed by atoms with Crippen molar-refractivity contribution in [3.63, 3.8) is 0 Å². The molecule has 0 aromatic heterocycles. The van der Waals surface area contributed by atoms with Gasteiger partial charge in [0.2, 0.25) is 47.3 Å². The fourth-order valence-electron chi connectivity index (χ4n) is 11.0. The summed E-state index contributed by atoms with van der Waals surface area (Å²) in [6.45, 7) is -1.66. The molecular formula is C64H96N14O21. The summed E-state index contributed by atoms with van der Waals surface area (Å²) in [5, 5.41) is 71.2. The predicted octanol–water partition coefficient (Wildman–Crippen LogP) is -3.09. The maximum atomic E-state index is 13.9. The van der Waals surface area contributed by atoms with Crippen LogP contribution in [0.15, 0.2) is 42.5 Å². The molecule has 1 heterocycles. The minimum atomic E-state index is -1.57. The summed E-state index contributed by atoms with van der Waals surface area (Å²) in [7, 11) is 6.79. The molecule has 0 radical (unpaired) electrons. The molecule has 10 amide bonds. The number of likely N-dealkylation sites (N-methyl/N-ethyl adjacent to an activating group) is 5. The first-order valence-electron chi connectivity index (χ1n) is 32.6. The lowest BCUT2D eigenvalue weighted by Crippen LogP contribution is -2.51. The number of carbonyl (C=O) groups excluding carboxylic acids is 9. The second-order valence-corrected chi connectivity index (χ2v) is 25.1. The van der Waals surface area contributed by atoms with Crippen molar-refractivity contribution in [3.05, 3.63) is 48.0 Å². The van der Waals surface area contributed by atoms with Crippen LogP contribution in [0.25, 0.3) is 10.8 Å². The van der Waals surface area contributed by atoms with Gasteiger partial charge in [0.05, 0.1) is 58.9 Å². The van der Waals surface area contributed by atoms with Crippen molar-refractivity contribution in [2.24, 2.45) is 11.8 Å². The molecule has 2 aliphatic rings. The lowest BCUT2D eigenvalue weighted by molar-refractivity contribution is -0.145. The topological polar surface area (TPSA) is 467 Å². The molecule has 1 aliphatic carbocycles. The molecule has 1 saturated heterocycles. The number of nitrogens with zero attached hydrogens (tertiary/aromatic N) is 9. The smallest absolute Gasteiger partial charge is 0.326 e. The number of carboxylic acid groups (broad SMARTS) is 6. The van der Waals surface area contributed by atoms with Crippen LogP contribution in [0.4, 0.5) is 4.79 Å². The van der Waals surface area contributed by atoms with E-state index in [1.165, 1.54) is 35.2 Å². The van der Waals surface area contributed by atoms with Crippen LogP contribution >= 0.6 is 0 Å². The fraction of sp³-hybridized carbons (Fsp3) is 0.609. The summed E-state index contributed by atoms with van der Waals surface area (Å²) < 4.78 is 0. The third-order valence-electron chi connectivity index (χ3n) is 17.1. The average Bonchev–Trinajstić information content (AvgIpc) is 0.853. The van der Waals surface area contributed by atoms with Crippen LogP contribution in [0.3, 0.4) is 0 Å². The minimum absolute atomic E-state index is 0.0110. The number of nitrogens with one attached hydrogen (secondary N) is 5. The molecule has 1 aliphatic heterocycles. The molecule has 35 heteroatoms. The van der Waals surface area contributed by atoms with Crippen LogP contribution in [0.2, 0.25) is 0 Å². The number of carbonyl (C=O) groups is 15. The van der Waals surface area contributed by atoms with E-state index in [0.717, 1.165) is 40.8 Å². The van der Waals surface area contributed by atoms with E-state index >= 15 is 0 Å². The lowest BCUT2D eigenvalue weighted by Gasteiger charge is -2.33. The predicted molar refractivity (Wildman–Crippen MR) is 353 cm³/mol. The Hall–Kier alpha value is -9.61. The molecule has 35 nitrogen and oxygen atoms in total. The van der Waals surface area contributed by atoms with Gasteiger partial charge in [0.25, 0.3) is 0 Å². The molecule has 3 atom stereocenters. The first kappa shape index (κ1) is 81.8. The summed E-state index contributed by atoms with van der Waals surface area (Å²) >= 11 is 0. The Morgan fingerprint density at radius 1 is 0.455 bits per heavy atom. The number of unbranched alkanes of at least 4 members (excludes halogenated alkanes) is 1. The third kappa shape index (κ3) is 30.8. The Kier molecular flexibility index (Phi) is 34.4. The maximum Gasteiger partial charge on any atom is 0.326 e. The van der Waals surface area contributed by atoms with E-state index in [1.807, 2.05) is 42.5 Å². The zero-order chi connectivity index (χ0) is 73.5. The van der Waals surface area contributed by atoms with Crippen LogP contribution in [-0.4, -0.2) is 342 Å². The standard InChI is InChI=1S/C64H96N14O21/c1-70(51(80)34-71(2)52(81)35-72(3)53(82)36-73(4)54(83)37-74(5)55(84)38-75-22-24-76(39-57(87)88)26-28-78(41-59(91)92)29-27-77(25-23-75)40-58(89)90)33-50(79)66-32-42-13-17-45(18-14-42)60(93)67-49(31-43-15-16-44-10-6-7-11-46(44)30-43)61(94)65-21-9-8-12-47(62(95)96)68-64(99)69-48(63(97)98)19-20-56(85)86/h6-7,10-11,15-16,30,42,45,47-49H,8-9,12-14,17-29,31-41H2,1-5H3,(H,65,94)(H,66,79)(H,67,93)(H,85,86)(H,87,88)(H,89,90)(H,91,92)(H,95,96)(H,97,98)(H2,68,69,99)/t42?,45?,47-,48-,49-/m0/s1. The van der Waals surface area contributed by atoms with Crippen LogP contribution in [0.1, 0.15) is 63.4 Å². The highest BCUT2D eigenvalue weighted by atomic mass is 16.4. The van der Waals surface area contributed by atoms with E-state index in [4.69, 9.17) is 5.11 Å². The minimum Gasteiger partial charge on any atom is -0.481 e. The van der Waals surface area contributed by atoms with E-state index in [0.29, 0.717) is 25.7 Å². The Labute approximate surface area is 573 Å². The highest BCUT2D eigenvalue weighted by Gasteiger charge is 2.32. The number of hydrogen-bond donors (Lipinski definition) is 11. The van der Waals surface area contributed by atoms with Gasteiger partial charge in [-0.25, -0.2) is 14.4 Å². The van der Waals surface area contributed by atoms with Crippen molar-refractivity contribution in [1.82, 2.24) is 70.7 Å². The van der Waals surface area contributed by atoms with Crippen molar-refractivity contribution in [1.29, 1.82) is 0 Å². The Morgan fingerprint density at radius 2 is 0.879 bits per heavy atom. The number of amides is 10. The maximum absolute atomic E-state index is 13.9. The number of benzene rings is 2. The highest BCUT2D eigenvalue weighted by molar-refractivity contribution is 5.93. The van der Waals surface area contributed by atoms with Gasteiger partial charge >= 0.3 is 41.8 Å². The molecule has 99 heavy (non-hydrogen) atoms. The van der Waals surface area contributed by atoms with Gasteiger partial charge in [0.15, 0.2) is 0 Å². The number of carboxylic acids is 6. The van der Waals surface area contributed by atoms with Gasteiger partial charge in [-0.2, -0.15) is 0 Å². The number of urea groups is 1. The summed E-state index contributed by atoms with van der Waals surface area (Å²) in [6.07, 6.45) is 1.56. The number of rotatable bonds is 37. The van der Waals surface area contributed by atoms with Gasteiger partial charge in [0.1, 0.15) is 18.1 Å². The Balaban J connectivity index is 1.20. The number of fused-ring (bicyclic) bond motifs is 1. The molecule has 4 rings (SSSR count). The zero-order valence-electron chi connectivity index (χ0n) is 56.8. The second kappa shape index (κ2) is 41.6. The number of aliphatic carboxylic acids is 6. The van der Waals surface area contributed by atoms with Crippen molar-refractivity contribution < 1.29 is 103 Å². The largest absolute Gasteiger partial charge is 0.481 e. The quantitative estimate of drug-likeness (QED) is 0.0299. The van der Waals surface area contributed by atoms with Crippen LogP contribution in [0.5, 0.6) is 0 Å². The van der Waals surface area contributed by atoms with Crippen molar-refractivity contribution in [3.8, 4) is 0 Å². The molecule has 2 aromatic carbocycles. The monoisotopic (exact) mass is 1400 g/mol. The molecule has 0 spiro atoms. The van der Waals surface area contributed by atoms with Gasteiger partial charge in [-0.1, -0.05) is 42.5 Å². The van der Waals surface area contributed by atoms with Crippen LogP contribution in [0, 0.1) is 11.8 Å². The van der Waals surface area contributed by atoms with Crippen LogP contribution < -0.4 is 26.6 Å². The second-order valence-electron chi connectivity index (χ2n) is 25.1. The first-order chi connectivity index (χ1) is 46.8. The first-order valence-corrected chi connectivity index (χ1v) is 32.6. The summed E-state index contributed by atoms with van der Waals surface area (Å²) in [5.41, 5.74) is 0.777. The van der Waals surface area contributed by atoms with Crippen molar-refractivity contribution >= 4 is 99.9 Å². The molecule has 1 saturated carbocycles. The van der Waals surface area contributed by atoms with Crippen molar-refractivity contribution in [2.45, 2.75) is 82.3 Å². The molecule has 548 valence electrons.